The van der Waals surface area contributed by atoms with Crippen molar-refractivity contribution in [2.24, 2.45) is 0 Å². The van der Waals surface area contributed by atoms with Crippen LogP contribution in [0.3, 0.4) is 0 Å². The van der Waals surface area contributed by atoms with E-state index in [4.69, 9.17) is 4.74 Å². The van der Waals surface area contributed by atoms with Crippen molar-refractivity contribution >= 4 is 17.7 Å². The lowest BCUT2D eigenvalue weighted by Gasteiger charge is -2.13. The van der Waals surface area contributed by atoms with Crippen molar-refractivity contribution < 1.29 is 14.3 Å². The number of ether oxygens (including phenoxy) is 1. The second kappa shape index (κ2) is 5.73. The van der Waals surface area contributed by atoms with E-state index in [0.29, 0.717) is 19.5 Å². The highest BCUT2D eigenvalue weighted by atomic mass is 16.6. The van der Waals surface area contributed by atoms with E-state index in [1.165, 1.54) is 0 Å². The summed E-state index contributed by atoms with van der Waals surface area (Å²) in [6, 6.07) is 7.69. The standard InChI is InChI=1S/C14H18N2O3/c1-3-13(17)15-8-12-9-16(14(18)19-12)11-6-4-10(2)5-7-11/h4-7,12H,3,8-9H2,1-2H3,(H,15,17). The van der Waals surface area contributed by atoms with Gasteiger partial charge in [-0.15, -0.1) is 0 Å². The monoisotopic (exact) mass is 262 g/mol. The van der Waals surface area contributed by atoms with Crippen LogP contribution < -0.4 is 10.2 Å². The average molecular weight is 262 g/mol. The van der Waals surface area contributed by atoms with Crippen LogP contribution >= 0.6 is 0 Å². The first kappa shape index (κ1) is 13.4. The first-order valence-corrected chi connectivity index (χ1v) is 6.41. The van der Waals surface area contributed by atoms with Gasteiger partial charge in [-0.3, -0.25) is 9.69 Å². The van der Waals surface area contributed by atoms with Gasteiger partial charge in [-0.2, -0.15) is 0 Å². The molecule has 2 rings (SSSR count). The van der Waals surface area contributed by atoms with Crippen molar-refractivity contribution in [1.82, 2.24) is 5.32 Å². The van der Waals surface area contributed by atoms with Gasteiger partial charge in [0.2, 0.25) is 5.91 Å². The van der Waals surface area contributed by atoms with Crippen LogP contribution in [0.25, 0.3) is 0 Å². The highest BCUT2D eigenvalue weighted by Gasteiger charge is 2.32. The molecule has 1 aromatic carbocycles. The van der Waals surface area contributed by atoms with Crippen molar-refractivity contribution in [2.45, 2.75) is 26.4 Å². The molecule has 1 unspecified atom stereocenters. The number of hydrogen-bond donors (Lipinski definition) is 1. The van der Waals surface area contributed by atoms with Crippen LogP contribution in [-0.4, -0.2) is 31.2 Å². The fraction of sp³-hybridized carbons (Fsp3) is 0.429. The number of nitrogens with one attached hydrogen (secondary N) is 1. The Hall–Kier alpha value is -2.04. The zero-order valence-electron chi connectivity index (χ0n) is 11.2. The maximum Gasteiger partial charge on any atom is 0.414 e. The van der Waals surface area contributed by atoms with E-state index >= 15 is 0 Å². The number of amides is 2. The molecule has 1 atom stereocenters. The van der Waals surface area contributed by atoms with Crippen LogP contribution in [0.15, 0.2) is 24.3 Å². The molecule has 0 aliphatic carbocycles. The number of carbonyl (C=O) groups excluding carboxylic acids is 2. The summed E-state index contributed by atoms with van der Waals surface area (Å²) in [5.41, 5.74) is 1.96. The molecular weight excluding hydrogens is 244 g/mol. The van der Waals surface area contributed by atoms with Crippen molar-refractivity contribution in [3.63, 3.8) is 0 Å². The summed E-state index contributed by atoms with van der Waals surface area (Å²) < 4.78 is 5.23. The highest BCUT2D eigenvalue weighted by molar-refractivity contribution is 5.89. The van der Waals surface area contributed by atoms with Gasteiger partial charge in [0.25, 0.3) is 0 Å². The molecule has 5 heteroatoms. The predicted molar refractivity (Wildman–Crippen MR) is 72.1 cm³/mol. The molecule has 1 saturated heterocycles. The Balaban J connectivity index is 1.96. The first-order valence-electron chi connectivity index (χ1n) is 6.41. The van der Waals surface area contributed by atoms with Gasteiger partial charge < -0.3 is 10.1 Å². The van der Waals surface area contributed by atoms with Crippen LogP contribution in [0.5, 0.6) is 0 Å². The summed E-state index contributed by atoms with van der Waals surface area (Å²) in [7, 11) is 0. The lowest BCUT2D eigenvalue weighted by Crippen LogP contribution is -2.34. The molecule has 0 saturated carbocycles. The molecule has 0 spiro atoms. The third kappa shape index (κ3) is 3.24. The zero-order valence-corrected chi connectivity index (χ0v) is 11.2. The number of cyclic esters (lactones) is 1. The largest absolute Gasteiger partial charge is 0.442 e. The van der Waals surface area contributed by atoms with Gasteiger partial charge in [-0.05, 0) is 19.1 Å². The zero-order chi connectivity index (χ0) is 13.8. The predicted octanol–water partition coefficient (Wildman–Crippen LogP) is 1.85. The Kier molecular flexibility index (Phi) is 4.04. The fourth-order valence-corrected chi connectivity index (χ4v) is 1.92. The molecule has 1 fully saturated rings. The summed E-state index contributed by atoms with van der Waals surface area (Å²) >= 11 is 0. The minimum absolute atomic E-state index is 0.0372. The van der Waals surface area contributed by atoms with Gasteiger partial charge in [0.1, 0.15) is 6.10 Å². The third-order valence-electron chi connectivity index (χ3n) is 3.07. The van der Waals surface area contributed by atoms with Gasteiger partial charge in [-0.25, -0.2) is 4.79 Å². The first-order chi connectivity index (χ1) is 9.10. The maximum atomic E-state index is 11.8. The molecule has 0 bridgehead atoms. The minimum atomic E-state index is -0.361. The number of hydrogen-bond acceptors (Lipinski definition) is 3. The van der Waals surface area contributed by atoms with E-state index in [2.05, 4.69) is 5.32 Å². The van der Waals surface area contributed by atoms with E-state index in [1.807, 2.05) is 31.2 Å². The molecule has 1 heterocycles. The average Bonchev–Trinajstić information content (AvgIpc) is 2.78. The normalized spacial score (nSPS) is 18.3. The topological polar surface area (TPSA) is 58.6 Å². The third-order valence-corrected chi connectivity index (χ3v) is 3.07. The maximum absolute atomic E-state index is 11.8. The molecule has 19 heavy (non-hydrogen) atoms. The SMILES string of the molecule is CCC(=O)NCC1CN(c2ccc(C)cc2)C(=O)O1. The van der Waals surface area contributed by atoms with E-state index in [9.17, 15) is 9.59 Å². The minimum Gasteiger partial charge on any atom is -0.442 e. The van der Waals surface area contributed by atoms with Crippen molar-refractivity contribution in [3.05, 3.63) is 29.8 Å². The molecule has 2 amide bonds. The number of rotatable bonds is 4. The van der Waals surface area contributed by atoms with Crippen LogP contribution in [0.2, 0.25) is 0 Å². The summed E-state index contributed by atoms with van der Waals surface area (Å²) in [6.07, 6.45) is -0.216. The molecule has 5 nitrogen and oxygen atoms in total. The van der Waals surface area contributed by atoms with E-state index in [1.54, 1.807) is 11.8 Å². The number of carbonyl (C=O) groups is 2. The number of aryl methyl sites for hydroxylation is 1. The van der Waals surface area contributed by atoms with E-state index in [-0.39, 0.29) is 18.1 Å². The number of anilines is 1. The quantitative estimate of drug-likeness (QED) is 0.900. The molecule has 1 aliphatic heterocycles. The summed E-state index contributed by atoms with van der Waals surface area (Å²) in [6.45, 7) is 4.61. The number of benzene rings is 1. The Bertz CT molecular complexity index is 470. The molecule has 102 valence electrons. The molecule has 1 aromatic rings. The molecule has 1 N–H and O–H groups in total. The van der Waals surface area contributed by atoms with Crippen LogP contribution in [0.4, 0.5) is 10.5 Å². The molecule has 1 aliphatic rings. The van der Waals surface area contributed by atoms with Gasteiger partial charge in [-0.1, -0.05) is 24.6 Å². The lowest BCUT2D eigenvalue weighted by molar-refractivity contribution is -0.121. The second-order valence-corrected chi connectivity index (χ2v) is 4.61. The Morgan fingerprint density at radius 1 is 1.42 bits per heavy atom. The highest BCUT2D eigenvalue weighted by Crippen LogP contribution is 2.21. The van der Waals surface area contributed by atoms with E-state index in [0.717, 1.165) is 11.3 Å². The summed E-state index contributed by atoms with van der Waals surface area (Å²) in [5, 5.41) is 2.73. The van der Waals surface area contributed by atoms with Crippen molar-refractivity contribution in [2.75, 3.05) is 18.0 Å². The van der Waals surface area contributed by atoms with Crippen LogP contribution in [0, 0.1) is 6.92 Å². The molecule has 0 aromatic heterocycles. The smallest absolute Gasteiger partial charge is 0.414 e. The van der Waals surface area contributed by atoms with Crippen LogP contribution in [-0.2, 0) is 9.53 Å². The van der Waals surface area contributed by atoms with Crippen molar-refractivity contribution in [3.8, 4) is 0 Å². The molecule has 0 radical (unpaired) electrons. The van der Waals surface area contributed by atoms with Gasteiger partial charge in [0, 0.05) is 12.1 Å². The van der Waals surface area contributed by atoms with Gasteiger partial charge >= 0.3 is 6.09 Å². The Morgan fingerprint density at radius 3 is 2.74 bits per heavy atom. The lowest BCUT2D eigenvalue weighted by atomic mass is 10.2. The molecular formula is C14H18N2O3. The summed E-state index contributed by atoms with van der Waals surface area (Å²) in [4.78, 5) is 24.5. The van der Waals surface area contributed by atoms with E-state index < -0.39 is 0 Å². The Morgan fingerprint density at radius 2 is 2.11 bits per heavy atom. The van der Waals surface area contributed by atoms with Gasteiger partial charge in [0.05, 0.1) is 13.1 Å². The van der Waals surface area contributed by atoms with Crippen molar-refractivity contribution in [1.29, 1.82) is 0 Å². The Labute approximate surface area is 112 Å². The second-order valence-electron chi connectivity index (χ2n) is 4.61. The summed E-state index contributed by atoms with van der Waals surface area (Å²) in [5.74, 6) is -0.0372. The fourth-order valence-electron chi connectivity index (χ4n) is 1.92. The van der Waals surface area contributed by atoms with Gasteiger partial charge in [0.15, 0.2) is 0 Å². The number of nitrogens with zero attached hydrogens (tertiary/aromatic N) is 1. The van der Waals surface area contributed by atoms with Crippen LogP contribution in [0.1, 0.15) is 18.9 Å².